The molecule has 0 bridgehead atoms. The summed E-state index contributed by atoms with van der Waals surface area (Å²) in [5, 5.41) is 17.1. The van der Waals surface area contributed by atoms with Gasteiger partial charge in [0.05, 0.1) is 0 Å². The summed E-state index contributed by atoms with van der Waals surface area (Å²) in [4.78, 5) is 23.6. The average molecular weight is 280 g/mol. The molecule has 0 radical (unpaired) electrons. The number of Topliss-reactive ketones (excluding diaryl/α,β-unsaturated/α-hetero) is 1. The molecule has 20 heavy (non-hydrogen) atoms. The van der Waals surface area contributed by atoms with Gasteiger partial charge in [0, 0.05) is 11.8 Å². The van der Waals surface area contributed by atoms with Gasteiger partial charge >= 0.3 is 6.09 Å². The maximum absolute atomic E-state index is 12.1. The van der Waals surface area contributed by atoms with Crippen molar-refractivity contribution in [2.45, 2.75) is 52.1 Å². The number of amides is 1. The third kappa shape index (κ3) is 3.05. The summed E-state index contributed by atoms with van der Waals surface area (Å²) in [6, 6.07) is 0. The summed E-state index contributed by atoms with van der Waals surface area (Å²) in [7, 11) is 0. The Morgan fingerprint density at radius 2 is 1.85 bits per heavy atom. The number of hydrogen-bond acceptors (Lipinski definition) is 5. The van der Waals surface area contributed by atoms with E-state index < -0.39 is 11.7 Å². The van der Waals surface area contributed by atoms with E-state index in [0.29, 0.717) is 0 Å². The number of allylic oxidation sites excluding steroid dienone is 2. The van der Waals surface area contributed by atoms with Crippen LogP contribution in [-0.2, 0) is 9.53 Å². The normalized spacial score (nSPS) is 27.1. The minimum absolute atomic E-state index is 0.0213. The molecule has 110 valence electrons. The highest BCUT2D eigenvalue weighted by atomic mass is 16.6. The van der Waals surface area contributed by atoms with Crippen molar-refractivity contribution in [3.05, 3.63) is 11.5 Å². The smallest absolute Gasteiger partial charge is 0.452 e. The van der Waals surface area contributed by atoms with Crippen LogP contribution in [0.15, 0.2) is 21.7 Å². The highest BCUT2D eigenvalue weighted by Crippen LogP contribution is 2.42. The van der Waals surface area contributed by atoms with Crippen molar-refractivity contribution < 1.29 is 19.4 Å². The minimum atomic E-state index is -0.861. The largest absolute Gasteiger partial charge is 0.510 e. The fourth-order valence-corrected chi connectivity index (χ4v) is 2.72. The first-order chi connectivity index (χ1) is 9.29. The van der Waals surface area contributed by atoms with Crippen molar-refractivity contribution in [2.75, 3.05) is 0 Å². The standard InChI is InChI=1S/C14H20N2O4/c1-14(2,3)20-13(19)16-15-10-11(17)8-6-4-5-7-9(8)12(10)18/h8-9,17H,4-7H2,1-3H3. The molecule has 2 unspecified atom stereocenters. The molecular weight excluding hydrogens is 260 g/mol. The highest BCUT2D eigenvalue weighted by Gasteiger charge is 2.43. The number of carbonyl (C=O) groups is 2. The Labute approximate surface area is 117 Å². The third-order valence-electron chi connectivity index (χ3n) is 3.56. The molecule has 0 aromatic carbocycles. The van der Waals surface area contributed by atoms with Gasteiger partial charge in [-0.05, 0) is 33.6 Å². The van der Waals surface area contributed by atoms with E-state index >= 15 is 0 Å². The van der Waals surface area contributed by atoms with Crippen molar-refractivity contribution in [1.29, 1.82) is 0 Å². The van der Waals surface area contributed by atoms with E-state index in [0.717, 1.165) is 25.7 Å². The summed E-state index contributed by atoms with van der Waals surface area (Å²) in [6.45, 7) is 5.14. The van der Waals surface area contributed by atoms with Gasteiger partial charge in [0.1, 0.15) is 11.4 Å². The van der Waals surface area contributed by atoms with Crippen LogP contribution in [0, 0.1) is 11.8 Å². The van der Waals surface area contributed by atoms with Gasteiger partial charge in [0.2, 0.25) is 0 Å². The fourth-order valence-electron chi connectivity index (χ4n) is 2.72. The molecule has 0 aliphatic heterocycles. The van der Waals surface area contributed by atoms with Crippen molar-refractivity contribution in [2.24, 2.45) is 22.1 Å². The molecule has 0 aromatic heterocycles. The maximum Gasteiger partial charge on any atom is 0.452 e. The number of carbonyl (C=O) groups excluding carboxylic acids is 2. The molecule has 6 heteroatoms. The van der Waals surface area contributed by atoms with Crippen molar-refractivity contribution in [1.82, 2.24) is 0 Å². The number of hydrogen-bond donors (Lipinski definition) is 1. The molecule has 2 aliphatic rings. The lowest BCUT2D eigenvalue weighted by Gasteiger charge is -2.23. The molecule has 0 saturated heterocycles. The number of ketones is 1. The predicted octanol–water partition coefficient (Wildman–Crippen LogP) is 3.53. The van der Waals surface area contributed by atoms with Crippen LogP contribution in [0.2, 0.25) is 0 Å². The van der Waals surface area contributed by atoms with Crippen molar-refractivity contribution in [3.63, 3.8) is 0 Å². The van der Waals surface area contributed by atoms with E-state index in [2.05, 4.69) is 10.2 Å². The van der Waals surface area contributed by atoms with Gasteiger partial charge in [0.25, 0.3) is 0 Å². The van der Waals surface area contributed by atoms with Gasteiger partial charge in [-0.3, -0.25) is 4.79 Å². The van der Waals surface area contributed by atoms with E-state index in [1.54, 1.807) is 20.8 Å². The van der Waals surface area contributed by atoms with Crippen LogP contribution in [0.25, 0.3) is 0 Å². The Morgan fingerprint density at radius 1 is 1.25 bits per heavy atom. The lowest BCUT2D eigenvalue weighted by atomic mass is 9.80. The molecule has 2 atom stereocenters. The molecule has 1 N–H and O–H groups in total. The summed E-state index contributed by atoms with van der Waals surface area (Å²) >= 11 is 0. The van der Waals surface area contributed by atoms with Crippen LogP contribution in [0.4, 0.5) is 4.79 Å². The lowest BCUT2D eigenvalue weighted by molar-refractivity contribution is -0.120. The number of ether oxygens (including phenoxy) is 1. The van der Waals surface area contributed by atoms with Crippen LogP contribution < -0.4 is 0 Å². The van der Waals surface area contributed by atoms with Crippen LogP contribution >= 0.6 is 0 Å². The molecule has 0 spiro atoms. The Morgan fingerprint density at radius 3 is 2.40 bits per heavy atom. The van der Waals surface area contributed by atoms with E-state index in [1.165, 1.54) is 0 Å². The number of azo groups is 1. The van der Waals surface area contributed by atoms with Crippen molar-refractivity contribution in [3.8, 4) is 0 Å². The van der Waals surface area contributed by atoms with Crippen LogP contribution in [-0.4, -0.2) is 22.6 Å². The van der Waals surface area contributed by atoms with Gasteiger partial charge in [-0.1, -0.05) is 18.0 Å². The first-order valence-corrected chi connectivity index (χ1v) is 6.91. The number of fused-ring (bicyclic) bond motifs is 1. The van der Waals surface area contributed by atoms with Gasteiger partial charge in [-0.15, -0.1) is 5.11 Å². The van der Waals surface area contributed by atoms with Crippen molar-refractivity contribution >= 4 is 11.9 Å². The average Bonchev–Trinajstić information content (AvgIpc) is 2.59. The Bertz CT molecular complexity index is 488. The Kier molecular flexibility index (Phi) is 3.92. The highest BCUT2D eigenvalue weighted by molar-refractivity contribution is 6.00. The zero-order chi connectivity index (χ0) is 14.9. The van der Waals surface area contributed by atoms with Gasteiger partial charge < -0.3 is 9.84 Å². The molecule has 2 aliphatic carbocycles. The minimum Gasteiger partial charge on any atom is -0.510 e. The Hall–Kier alpha value is -1.72. The number of rotatable bonds is 1. The molecule has 0 heterocycles. The number of nitrogens with zero attached hydrogens (tertiary/aromatic N) is 2. The summed E-state index contributed by atoms with van der Waals surface area (Å²) < 4.78 is 4.97. The van der Waals surface area contributed by atoms with E-state index in [-0.39, 0.29) is 29.1 Å². The zero-order valence-electron chi connectivity index (χ0n) is 12.0. The maximum atomic E-state index is 12.1. The number of aliphatic hydroxyl groups excluding tert-OH is 1. The molecular formula is C14H20N2O4. The molecule has 1 fully saturated rings. The third-order valence-corrected chi connectivity index (χ3v) is 3.56. The summed E-state index contributed by atoms with van der Waals surface area (Å²) in [5.74, 6) is -0.577. The summed E-state index contributed by atoms with van der Waals surface area (Å²) in [5.41, 5.74) is -0.743. The predicted molar refractivity (Wildman–Crippen MR) is 71.2 cm³/mol. The SMILES string of the molecule is CC(C)(C)OC(=O)N=NC1=C(O)C2CCCCC2C1=O. The topological polar surface area (TPSA) is 88.3 Å². The molecule has 0 aromatic rings. The van der Waals surface area contributed by atoms with Crippen LogP contribution in [0.3, 0.4) is 0 Å². The van der Waals surface area contributed by atoms with Gasteiger partial charge in [0.15, 0.2) is 11.5 Å². The monoisotopic (exact) mass is 280 g/mol. The Balaban J connectivity index is 2.10. The second-order valence-electron chi connectivity index (χ2n) is 6.28. The first-order valence-electron chi connectivity index (χ1n) is 6.91. The second kappa shape index (κ2) is 5.34. The molecule has 1 amide bonds. The molecule has 6 nitrogen and oxygen atoms in total. The van der Waals surface area contributed by atoms with Crippen LogP contribution in [0.5, 0.6) is 0 Å². The fraction of sp³-hybridized carbons (Fsp3) is 0.714. The van der Waals surface area contributed by atoms with E-state index in [9.17, 15) is 14.7 Å². The quantitative estimate of drug-likeness (QED) is 0.744. The van der Waals surface area contributed by atoms with E-state index in [4.69, 9.17) is 4.74 Å². The van der Waals surface area contributed by atoms with Crippen LogP contribution in [0.1, 0.15) is 46.5 Å². The van der Waals surface area contributed by atoms with Gasteiger partial charge in [-0.25, -0.2) is 4.79 Å². The van der Waals surface area contributed by atoms with Gasteiger partial charge in [-0.2, -0.15) is 0 Å². The summed E-state index contributed by atoms with van der Waals surface area (Å²) in [6.07, 6.45) is 2.67. The first kappa shape index (κ1) is 14.7. The lowest BCUT2D eigenvalue weighted by Crippen LogP contribution is -2.22. The van der Waals surface area contributed by atoms with E-state index in [1.807, 2.05) is 0 Å². The second-order valence-corrected chi connectivity index (χ2v) is 6.28. The molecule has 2 rings (SSSR count). The molecule has 1 saturated carbocycles. The zero-order valence-corrected chi connectivity index (χ0v) is 12.0. The number of aliphatic hydroxyl groups is 1.